The summed E-state index contributed by atoms with van der Waals surface area (Å²) in [5, 5.41) is 14.9. The van der Waals surface area contributed by atoms with Crippen molar-refractivity contribution in [3.05, 3.63) is 45.7 Å². The molecule has 108 valence electrons. The standard InChI is InChI=1S/C15H20BrN3O/c1-3-11-8-12(19(4-2)18-11)9-15(20)13-7-10(16)5-6-14(13)17/h5-8,15,20H,3-4,9,17H2,1-2H3. The van der Waals surface area contributed by atoms with Crippen LogP contribution in [0.1, 0.15) is 36.9 Å². The van der Waals surface area contributed by atoms with Gasteiger partial charge in [-0.05, 0) is 37.6 Å². The number of aryl methyl sites for hydroxylation is 2. The molecule has 1 unspecified atom stereocenters. The van der Waals surface area contributed by atoms with E-state index >= 15 is 0 Å². The zero-order valence-electron chi connectivity index (χ0n) is 11.8. The monoisotopic (exact) mass is 337 g/mol. The second kappa shape index (κ2) is 6.41. The van der Waals surface area contributed by atoms with Crippen LogP contribution in [-0.2, 0) is 19.4 Å². The highest BCUT2D eigenvalue weighted by Gasteiger charge is 2.15. The van der Waals surface area contributed by atoms with Crippen molar-refractivity contribution in [1.82, 2.24) is 9.78 Å². The minimum Gasteiger partial charge on any atom is -0.398 e. The Bertz CT molecular complexity index is 595. The first kappa shape index (κ1) is 15.1. The number of nitrogen functional groups attached to an aromatic ring is 1. The van der Waals surface area contributed by atoms with Crippen molar-refractivity contribution < 1.29 is 5.11 Å². The van der Waals surface area contributed by atoms with E-state index in [0.29, 0.717) is 12.1 Å². The number of aliphatic hydroxyl groups is 1. The van der Waals surface area contributed by atoms with Crippen LogP contribution in [0.4, 0.5) is 5.69 Å². The van der Waals surface area contributed by atoms with Gasteiger partial charge in [0.15, 0.2) is 0 Å². The predicted octanol–water partition coefficient (Wildman–Crippen LogP) is 3.09. The fourth-order valence-corrected chi connectivity index (χ4v) is 2.65. The van der Waals surface area contributed by atoms with Crippen molar-refractivity contribution in [2.75, 3.05) is 5.73 Å². The average Bonchev–Trinajstić information content (AvgIpc) is 2.83. The van der Waals surface area contributed by atoms with E-state index < -0.39 is 6.10 Å². The molecule has 2 aromatic rings. The highest BCUT2D eigenvalue weighted by molar-refractivity contribution is 9.10. The van der Waals surface area contributed by atoms with Gasteiger partial charge in [0.05, 0.1) is 11.8 Å². The number of benzene rings is 1. The number of rotatable bonds is 5. The highest BCUT2D eigenvalue weighted by atomic mass is 79.9. The summed E-state index contributed by atoms with van der Waals surface area (Å²) in [6.07, 6.45) is 0.788. The van der Waals surface area contributed by atoms with Crippen LogP contribution in [0.2, 0.25) is 0 Å². The SMILES string of the molecule is CCc1cc(CC(O)c2cc(Br)ccc2N)n(CC)n1. The van der Waals surface area contributed by atoms with Crippen LogP contribution in [-0.4, -0.2) is 14.9 Å². The molecule has 0 saturated carbocycles. The van der Waals surface area contributed by atoms with Crippen molar-refractivity contribution in [3.63, 3.8) is 0 Å². The Morgan fingerprint density at radius 3 is 2.75 bits per heavy atom. The minimum atomic E-state index is -0.626. The number of anilines is 1. The Balaban J connectivity index is 2.24. The van der Waals surface area contributed by atoms with Crippen molar-refractivity contribution in [3.8, 4) is 0 Å². The van der Waals surface area contributed by atoms with Gasteiger partial charge in [0.1, 0.15) is 0 Å². The number of aliphatic hydroxyl groups excluding tert-OH is 1. The smallest absolute Gasteiger partial charge is 0.0865 e. The third-order valence-corrected chi connectivity index (χ3v) is 3.88. The van der Waals surface area contributed by atoms with E-state index in [1.54, 1.807) is 6.07 Å². The lowest BCUT2D eigenvalue weighted by molar-refractivity contribution is 0.176. The van der Waals surface area contributed by atoms with Gasteiger partial charge >= 0.3 is 0 Å². The number of halogens is 1. The Morgan fingerprint density at radius 1 is 1.35 bits per heavy atom. The van der Waals surface area contributed by atoms with E-state index in [2.05, 4.69) is 40.9 Å². The summed E-state index contributed by atoms with van der Waals surface area (Å²) < 4.78 is 2.86. The Labute approximate surface area is 127 Å². The molecule has 1 aromatic heterocycles. The summed E-state index contributed by atoms with van der Waals surface area (Å²) in [5.74, 6) is 0. The maximum Gasteiger partial charge on any atom is 0.0865 e. The molecule has 3 N–H and O–H groups in total. The fourth-order valence-electron chi connectivity index (χ4n) is 2.27. The largest absolute Gasteiger partial charge is 0.398 e. The summed E-state index contributed by atoms with van der Waals surface area (Å²) in [5.41, 5.74) is 9.39. The first-order chi connectivity index (χ1) is 9.55. The van der Waals surface area contributed by atoms with E-state index in [1.807, 2.05) is 16.8 Å². The van der Waals surface area contributed by atoms with Gasteiger partial charge in [-0.1, -0.05) is 22.9 Å². The number of hydrogen-bond acceptors (Lipinski definition) is 3. The molecule has 5 heteroatoms. The topological polar surface area (TPSA) is 64.1 Å². The molecule has 0 fully saturated rings. The van der Waals surface area contributed by atoms with E-state index in [4.69, 9.17) is 5.73 Å². The van der Waals surface area contributed by atoms with Crippen LogP contribution in [0.5, 0.6) is 0 Å². The molecule has 0 aliphatic heterocycles. The first-order valence-electron chi connectivity index (χ1n) is 6.83. The van der Waals surface area contributed by atoms with Crippen LogP contribution in [0, 0.1) is 0 Å². The molecule has 1 atom stereocenters. The fraction of sp³-hybridized carbons (Fsp3) is 0.400. The minimum absolute atomic E-state index is 0.515. The van der Waals surface area contributed by atoms with Crippen LogP contribution in [0.25, 0.3) is 0 Å². The summed E-state index contributed by atoms with van der Waals surface area (Å²) in [4.78, 5) is 0. The van der Waals surface area contributed by atoms with Gasteiger partial charge < -0.3 is 10.8 Å². The zero-order chi connectivity index (χ0) is 14.7. The first-order valence-corrected chi connectivity index (χ1v) is 7.63. The molecule has 4 nitrogen and oxygen atoms in total. The molecule has 0 aliphatic carbocycles. The van der Waals surface area contributed by atoms with Gasteiger partial charge in [0.2, 0.25) is 0 Å². The van der Waals surface area contributed by atoms with Crippen LogP contribution < -0.4 is 5.73 Å². The molecule has 1 aromatic carbocycles. The van der Waals surface area contributed by atoms with Crippen molar-refractivity contribution in [2.24, 2.45) is 0 Å². The molecular weight excluding hydrogens is 318 g/mol. The molecule has 0 saturated heterocycles. The maximum absolute atomic E-state index is 10.4. The molecule has 20 heavy (non-hydrogen) atoms. The summed E-state index contributed by atoms with van der Waals surface area (Å²) in [6, 6.07) is 7.60. The maximum atomic E-state index is 10.4. The van der Waals surface area contributed by atoms with Crippen molar-refractivity contribution >= 4 is 21.6 Å². The van der Waals surface area contributed by atoms with E-state index in [1.165, 1.54) is 0 Å². The Hall–Kier alpha value is -1.33. The molecule has 2 rings (SSSR count). The van der Waals surface area contributed by atoms with Gasteiger partial charge in [-0.2, -0.15) is 5.10 Å². The third-order valence-electron chi connectivity index (χ3n) is 3.39. The molecule has 0 bridgehead atoms. The second-order valence-electron chi connectivity index (χ2n) is 4.79. The van der Waals surface area contributed by atoms with Crippen molar-refractivity contribution in [2.45, 2.75) is 39.3 Å². The molecular formula is C15H20BrN3O. The summed E-state index contributed by atoms with van der Waals surface area (Å²) in [7, 11) is 0. The molecule has 0 amide bonds. The molecule has 0 aliphatic rings. The molecule has 0 spiro atoms. The van der Waals surface area contributed by atoms with Crippen LogP contribution in [0.3, 0.4) is 0 Å². The summed E-state index contributed by atoms with van der Waals surface area (Å²) >= 11 is 3.41. The van der Waals surface area contributed by atoms with Crippen molar-refractivity contribution in [1.29, 1.82) is 0 Å². The normalized spacial score (nSPS) is 12.6. The lowest BCUT2D eigenvalue weighted by atomic mass is 10.0. The van der Waals surface area contributed by atoms with E-state index in [0.717, 1.165) is 34.4 Å². The van der Waals surface area contributed by atoms with Crippen LogP contribution >= 0.6 is 15.9 Å². The molecule has 0 radical (unpaired) electrons. The number of aromatic nitrogens is 2. The predicted molar refractivity (Wildman–Crippen MR) is 84.5 cm³/mol. The number of nitrogens with two attached hydrogens (primary N) is 1. The lowest BCUT2D eigenvalue weighted by Crippen LogP contribution is -2.10. The number of nitrogens with zero attached hydrogens (tertiary/aromatic N) is 2. The third kappa shape index (κ3) is 3.22. The Kier molecular flexibility index (Phi) is 4.83. The molecule has 1 heterocycles. The zero-order valence-corrected chi connectivity index (χ0v) is 13.4. The van der Waals surface area contributed by atoms with Gasteiger partial charge in [-0.15, -0.1) is 0 Å². The highest BCUT2D eigenvalue weighted by Crippen LogP contribution is 2.27. The average molecular weight is 338 g/mol. The lowest BCUT2D eigenvalue weighted by Gasteiger charge is -2.14. The van der Waals surface area contributed by atoms with Gasteiger partial charge in [-0.25, -0.2) is 0 Å². The quantitative estimate of drug-likeness (QED) is 0.824. The Morgan fingerprint density at radius 2 is 2.10 bits per heavy atom. The van der Waals surface area contributed by atoms with Gasteiger partial charge in [0.25, 0.3) is 0 Å². The second-order valence-corrected chi connectivity index (χ2v) is 5.71. The summed E-state index contributed by atoms with van der Waals surface area (Å²) in [6.45, 7) is 4.93. The number of hydrogen-bond donors (Lipinski definition) is 2. The van der Waals surface area contributed by atoms with Gasteiger partial charge in [-0.3, -0.25) is 4.68 Å². The van der Waals surface area contributed by atoms with Crippen LogP contribution in [0.15, 0.2) is 28.7 Å². The van der Waals surface area contributed by atoms with E-state index in [-0.39, 0.29) is 0 Å². The van der Waals surface area contributed by atoms with E-state index in [9.17, 15) is 5.11 Å². The van der Waals surface area contributed by atoms with Gasteiger partial charge in [0, 0.05) is 34.4 Å².